The molecule has 152 valence electrons. The third-order valence-corrected chi connectivity index (χ3v) is 4.33. The fraction of sp³-hybridized carbons (Fsp3) is 0.600. The van der Waals surface area contributed by atoms with Gasteiger partial charge >= 0.3 is 0 Å². The van der Waals surface area contributed by atoms with E-state index in [2.05, 4.69) is 33.2 Å². The minimum absolute atomic E-state index is 0.192. The van der Waals surface area contributed by atoms with E-state index in [0.717, 1.165) is 0 Å². The van der Waals surface area contributed by atoms with E-state index in [4.69, 9.17) is 9.47 Å². The van der Waals surface area contributed by atoms with Gasteiger partial charge in [-0.3, -0.25) is 9.59 Å². The molecule has 0 aliphatic heterocycles. The quantitative estimate of drug-likeness (QED) is 0.597. The van der Waals surface area contributed by atoms with Crippen LogP contribution < -0.4 is 20.1 Å². The lowest BCUT2D eigenvalue weighted by atomic mass is 10.1. The lowest BCUT2D eigenvalue weighted by Gasteiger charge is -2.25. The summed E-state index contributed by atoms with van der Waals surface area (Å²) in [5.74, 6) is 0.686. The summed E-state index contributed by atoms with van der Waals surface area (Å²) in [4.78, 5) is 24.5. The van der Waals surface area contributed by atoms with Crippen LogP contribution in [0.3, 0.4) is 0 Å². The summed E-state index contributed by atoms with van der Waals surface area (Å²) in [5.41, 5.74) is -0.661. The lowest BCUT2D eigenvalue weighted by Crippen LogP contribution is -2.47. The van der Waals surface area contributed by atoms with Gasteiger partial charge in [-0.25, -0.2) is 0 Å². The molecular formula is C20H31IN2O4. The molecular weight excluding hydrogens is 459 g/mol. The van der Waals surface area contributed by atoms with Crippen molar-refractivity contribution in [2.24, 2.45) is 0 Å². The highest BCUT2D eigenvalue weighted by molar-refractivity contribution is 14.1. The summed E-state index contributed by atoms with van der Waals surface area (Å²) >= 11 is 2.10. The Morgan fingerprint density at radius 2 is 1.19 bits per heavy atom. The number of amides is 2. The number of halogens is 1. The molecule has 0 aromatic heterocycles. The molecule has 0 bridgehead atoms. The molecule has 0 aliphatic rings. The van der Waals surface area contributed by atoms with Crippen molar-refractivity contribution >= 4 is 34.4 Å². The van der Waals surface area contributed by atoms with Crippen LogP contribution in [-0.2, 0) is 9.59 Å². The van der Waals surface area contributed by atoms with Crippen LogP contribution in [-0.4, -0.2) is 35.1 Å². The van der Waals surface area contributed by atoms with Gasteiger partial charge in [0.25, 0.3) is 11.8 Å². The van der Waals surface area contributed by atoms with E-state index in [1.54, 1.807) is 32.0 Å². The Balaban J connectivity index is 2.84. The van der Waals surface area contributed by atoms with Gasteiger partial charge in [0.2, 0.25) is 0 Å². The molecule has 0 radical (unpaired) electrons. The highest BCUT2D eigenvalue weighted by Gasteiger charge is 2.24. The molecule has 6 nitrogen and oxygen atoms in total. The molecule has 0 unspecified atom stereocenters. The maximum atomic E-state index is 12.2. The predicted octanol–water partition coefficient (Wildman–Crippen LogP) is 3.66. The van der Waals surface area contributed by atoms with Crippen LogP contribution in [0.25, 0.3) is 0 Å². The van der Waals surface area contributed by atoms with E-state index >= 15 is 0 Å². The topological polar surface area (TPSA) is 76.7 Å². The summed E-state index contributed by atoms with van der Waals surface area (Å²) in [5, 5.41) is 5.78. The van der Waals surface area contributed by atoms with E-state index in [0.29, 0.717) is 15.1 Å². The zero-order valence-corrected chi connectivity index (χ0v) is 19.6. The van der Waals surface area contributed by atoms with Crippen molar-refractivity contribution in [1.82, 2.24) is 10.6 Å². The van der Waals surface area contributed by atoms with Gasteiger partial charge in [-0.2, -0.15) is 0 Å². The first-order valence-corrected chi connectivity index (χ1v) is 10.0. The van der Waals surface area contributed by atoms with Gasteiger partial charge in [-0.1, -0.05) is 6.07 Å². The standard InChI is InChI=1S/C20H31IN2O4/c1-12(17(24)22-19(3,4)5)26-14-10-9-11-15(16(14)21)27-13(2)18(25)23-20(6,7)8/h9-13H,1-8H3,(H,22,24)(H,23,25)/t12-,13-/m1/s1. The third kappa shape index (κ3) is 8.36. The molecule has 1 aromatic rings. The van der Waals surface area contributed by atoms with Gasteiger partial charge in [0.1, 0.15) is 11.5 Å². The van der Waals surface area contributed by atoms with E-state index in [1.165, 1.54) is 0 Å². The number of hydrogen-bond acceptors (Lipinski definition) is 4. The Morgan fingerprint density at radius 1 is 0.852 bits per heavy atom. The summed E-state index contributed by atoms with van der Waals surface area (Å²) in [7, 11) is 0. The van der Waals surface area contributed by atoms with Crippen LogP contribution in [0.15, 0.2) is 18.2 Å². The third-order valence-electron chi connectivity index (χ3n) is 3.27. The maximum absolute atomic E-state index is 12.2. The summed E-state index contributed by atoms with van der Waals surface area (Å²) < 4.78 is 12.3. The largest absolute Gasteiger partial charge is 0.480 e. The highest BCUT2D eigenvalue weighted by Crippen LogP contribution is 2.31. The monoisotopic (exact) mass is 490 g/mol. The van der Waals surface area contributed by atoms with Crippen molar-refractivity contribution in [3.63, 3.8) is 0 Å². The van der Waals surface area contributed by atoms with Crippen molar-refractivity contribution in [2.75, 3.05) is 0 Å². The Bertz CT molecular complexity index is 623. The predicted molar refractivity (Wildman–Crippen MR) is 115 cm³/mol. The van der Waals surface area contributed by atoms with Gasteiger partial charge in [0.05, 0.1) is 3.57 Å². The number of ether oxygens (including phenoxy) is 2. The van der Waals surface area contributed by atoms with Gasteiger partial charge in [0.15, 0.2) is 12.2 Å². The van der Waals surface area contributed by atoms with Crippen LogP contribution in [0.2, 0.25) is 0 Å². The summed E-state index contributed by atoms with van der Waals surface area (Å²) in [6.45, 7) is 14.9. The molecule has 2 amide bonds. The molecule has 2 N–H and O–H groups in total. The first kappa shape index (κ1) is 23.5. The second-order valence-electron chi connectivity index (χ2n) is 8.57. The SMILES string of the molecule is C[C@@H](Oc1cccc(O[C@H](C)C(=O)NC(C)(C)C)c1I)C(=O)NC(C)(C)C. The zero-order chi connectivity index (χ0) is 21.0. The Kier molecular flexibility index (Phi) is 7.95. The van der Waals surface area contributed by atoms with Crippen LogP contribution in [0.4, 0.5) is 0 Å². The van der Waals surface area contributed by atoms with Gasteiger partial charge in [-0.15, -0.1) is 0 Å². The zero-order valence-electron chi connectivity index (χ0n) is 17.4. The van der Waals surface area contributed by atoms with Crippen LogP contribution >= 0.6 is 22.6 Å². The molecule has 0 spiro atoms. The molecule has 0 fully saturated rings. The number of nitrogens with one attached hydrogen (secondary N) is 2. The van der Waals surface area contributed by atoms with Crippen molar-refractivity contribution in [1.29, 1.82) is 0 Å². The molecule has 0 heterocycles. The molecule has 0 aliphatic carbocycles. The van der Waals surface area contributed by atoms with E-state index < -0.39 is 12.2 Å². The minimum Gasteiger partial charge on any atom is -0.480 e. The second-order valence-corrected chi connectivity index (χ2v) is 9.65. The van der Waals surface area contributed by atoms with Gasteiger partial charge in [-0.05, 0) is 90.1 Å². The van der Waals surface area contributed by atoms with E-state index in [9.17, 15) is 9.59 Å². The van der Waals surface area contributed by atoms with Crippen molar-refractivity contribution in [3.8, 4) is 11.5 Å². The maximum Gasteiger partial charge on any atom is 0.261 e. The molecule has 1 rings (SSSR count). The molecule has 1 aromatic carbocycles. The summed E-state index contributed by atoms with van der Waals surface area (Å²) in [6, 6.07) is 5.32. The first-order chi connectivity index (χ1) is 12.2. The average Bonchev–Trinajstić information content (AvgIpc) is 2.47. The van der Waals surface area contributed by atoms with Crippen LogP contribution in [0.1, 0.15) is 55.4 Å². The minimum atomic E-state index is -0.658. The normalized spacial score (nSPS) is 14.1. The number of carbonyl (C=O) groups is 2. The number of benzene rings is 1. The Labute approximate surface area is 175 Å². The molecule has 0 saturated heterocycles. The summed E-state index contributed by atoms with van der Waals surface area (Å²) in [6.07, 6.45) is -1.32. The second kappa shape index (κ2) is 9.12. The number of rotatable bonds is 6. The van der Waals surface area contributed by atoms with Crippen molar-refractivity contribution in [2.45, 2.75) is 78.7 Å². The Hall–Kier alpha value is -1.51. The van der Waals surface area contributed by atoms with Gasteiger partial charge in [0, 0.05) is 11.1 Å². The van der Waals surface area contributed by atoms with Crippen molar-refractivity contribution in [3.05, 3.63) is 21.8 Å². The molecule has 2 atom stereocenters. The number of hydrogen-bond donors (Lipinski definition) is 2. The molecule has 7 heteroatoms. The number of carbonyl (C=O) groups excluding carboxylic acids is 2. The smallest absolute Gasteiger partial charge is 0.261 e. The van der Waals surface area contributed by atoms with Crippen LogP contribution in [0, 0.1) is 3.57 Å². The lowest BCUT2D eigenvalue weighted by molar-refractivity contribution is -0.129. The van der Waals surface area contributed by atoms with E-state index in [1.807, 2.05) is 41.5 Å². The highest BCUT2D eigenvalue weighted by atomic mass is 127. The average molecular weight is 490 g/mol. The molecule has 27 heavy (non-hydrogen) atoms. The Morgan fingerprint density at radius 3 is 1.48 bits per heavy atom. The molecule has 0 saturated carbocycles. The fourth-order valence-electron chi connectivity index (χ4n) is 2.10. The van der Waals surface area contributed by atoms with Gasteiger partial charge < -0.3 is 20.1 Å². The van der Waals surface area contributed by atoms with Crippen LogP contribution in [0.5, 0.6) is 11.5 Å². The fourth-order valence-corrected chi connectivity index (χ4v) is 2.72. The van der Waals surface area contributed by atoms with E-state index in [-0.39, 0.29) is 22.9 Å². The first-order valence-electron chi connectivity index (χ1n) is 8.95. The van der Waals surface area contributed by atoms with Crippen molar-refractivity contribution < 1.29 is 19.1 Å².